The lowest BCUT2D eigenvalue weighted by molar-refractivity contribution is -0.138. The monoisotopic (exact) mass is 365 g/mol. The molecule has 3 heterocycles. The molecule has 5 heteroatoms. The van der Waals surface area contributed by atoms with E-state index in [1.807, 2.05) is 62.9 Å². The van der Waals surface area contributed by atoms with Crippen LogP contribution in [-0.2, 0) is 21.6 Å². The second kappa shape index (κ2) is 6.41. The van der Waals surface area contributed by atoms with E-state index < -0.39 is 0 Å². The van der Waals surface area contributed by atoms with Gasteiger partial charge >= 0.3 is 0 Å². The van der Waals surface area contributed by atoms with Crippen molar-refractivity contribution in [2.75, 3.05) is 19.7 Å². The van der Waals surface area contributed by atoms with Crippen LogP contribution in [0.5, 0.6) is 0 Å². The van der Waals surface area contributed by atoms with Crippen molar-refractivity contribution >= 4 is 5.91 Å². The number of carbonyl (C=O) groups excluding carboxylic acids is 1. The summed E-state index contributed by atoms with van der Waals surface area (Å²) in [7, 11) is 0. The van der Waals surface area contributed by atoms with E-state index in [1.54, 1.807) is 0 Å². The molecular weight excluding hydrogens is 338 g/mol. The number of nitrogens with zero attached hydrogens (tertiary/aromatic N) is 3. The number of amides is 1. The molecule has 0 saturated carbocycles. The summed E-state index contributed by atoms with van der Waals surface area (Å²) in [5.74, 6) is 0.953. The molecule has 0 N–H and O–H groups in total. The zero-order chi connectivity index (χ0) is 19.2. The zero-order valence-electron chi connectivity index (χ0n) is 16.6. The maximum Gasteiger partial charge on any atom is 0.227 e. The van der Waals surface area contributed by atoms with Crippen LogP contribution in [0, 0.1) is 12.3 Å². The average molecular weight is 365 g/mol. The highest BCUT2D eigenvalue weighted by molar-refractivity contribution is 5.82. The summed E-state index contributed by atoms with van der Waals surface area (Å²) >= 11 is 0. The molecule has 1 aromatic carbocycles. The van der Waals surface area contributed by atoms with Gasteiger partial charge in [0, 0.05) is 35.3 Å². The van der Waals surface area contributed by atoms with E-state index in [1.165, 1.54) is 0 Å². The predicted octanol–water partition coefficient (Wildman–Crippen LogP) is 3.50. The highest BCUT2D eigenvalue weighted by atomic mass is 16.5. The van der Waals surface area contributed by atoms with E-state index in [-0.39, 0.29) is 16.7 Å². The fraction of sp³-hybridized carbons (Fsp3) is 0.500. The number of likely N-dealkylation sites (tertiary alicyclic amines) is 1. The Morgan fingerprint density at radius 1 is 1.19 bits per heavy atom. The van der Waals surface area contributed by atoms with E-state index in [4.69, 9.17) is 14.7 Å². The summed E-state index contributed by atoms with van der Waals surface area (Å²) in [4.78, 5) is 24.5. The first-order valence-corrected chi connectivity index (χ1v) is 9.61. The molecular formula is C22H27N3O2. The number of aryl methyl sites for hydroxylation is 1. The van der Waals surface area contributed by atoms with Crippen molar-refractivity contribution in [2.45, 2.75) is 46.1 Å². The Kier molecular flexibility index (Phi) is 4.30. The van der Waals surface area contributed by atoms with Gasteiger partial charge < -0.3 is 9.64 Å². The second-order valence-electron chi connectivity index (χ2n) is 8.83. The summed E-state index contributed by atoms with van der Waals surface area (Å²) < 4.78 is 5.96. The van der Waals surface area contributed by atoms with Crippen LogP contribution in [0.2, 0.25) is 0 Å². The molecule has 1 amide bonds. The maximum absolute atomic E-state index is 12.8. The number of fused-ring (bicyclic) bond motifs is 2. The van der Waals surface area contributed by atoms with E-state index in [0.717, 1.165) is 41.3 Å². The Morgan fingerprint density at radius 3 is 2.63 bits per heavy atom. The summed E-state index contributed by atoms with van der Waals surface area (Å²) in [6.45, 7) is 10.5. The predicted molar refractivity (Wildman–Crippen MR) is 104 cm³/mol. The summed E-state index contributed by atoms with van der Waals surface area (Å²) in [6.07, 6.45) is 0.881. The Morgan fingerprint density at radius 2 is 1.93 bits per heavy atom. The number of carbonyl (C=O) groups is 1. The highest BCUT2D eigenvalue weighted by Gasteiger charge is 2.47. The molecule has 0 bridgehead atoms. The van der Waals surface area contributed by atoms with Crippen molar-refractivity contribution in [1.82, 2.24) is 14.9 Å². The van der Waals surface area contributed by atoms with E-state index >= 15 is 0 Å². The van der Waals surface area contributed by atoms with Crippen LogP contribution in [0.1, 0.15) is 44.1 Å². The number of benzene rings is 1. The molecule has 1 atom stereocenters. The quantitative estimate of drug-likeness (QED) is 0.776. The normalized spacial score (nSPS) is 22.1. The van der Waals surface area contributed by atoms with Gasteiger partial charge in [0.05, 0.1) is 24.3 Å². The van der Waals surface area contributed by atoms with Gasteiger partial charge in [-0.3, -0.25) is 4.79 Å². The molecule has 1 saturated heterocycles. The Balaban J connectivity index is 1.75. The Bertz CT molecular complexity index is 873. The van der Waals surface area contributed by atoms with Crippen LogP contribution in [0.3, 0.4) is 0 Å². The fourth-order valence-corrected chi connectivity index (χ4v) is 4.17. The molecule has 4 rings (SSSR count). The average Bonchev–Trinajstić information content (AvgIpc) is 3.06. The Hall–Kier alpha value is -2.27. The van der Waals surface area contributed by atoms with Crippen LogP contribution < -0.4 is 0 Å². The molecule has 142 valence electrons. The van der Waals surface area contributed by atoms with Gasteiger partial charge in [-0.1, -0.05) is 51.1 Å². The fourth-order valence-electron chi connectivity index (χ4n) is 4.17. The van der Waals surface area contributed by atoms with E-state index in [0.29, 0.717) is 19.8 Å². The number of rotatable bonds is 1. The summed E-state index contributed by atoms with van der Waals surface area (Å²) in [5.41, 5.74) is 3.55. The number of hydrogen-bond donors (Lipinski definition) is 0. The topological polar surface area (TPSA) is 55.3 Å². The van der Waals surface area contributed by atoms with Crippen LogP contribution in [0.15, 0.2) is 30.3 Å². The van der Waals surface area contributed by atoms with Crippen molar-refractivity contribution in [1.29, 1.82) is 0 Å². The maximum atomic E-state index is 12.8. The van der Waals surface area contributed by atoms with Crippen LogP contribution in [-0.4, -0.2) is 40.5 Å². The molecule has 5 nitrogen and oxygen atoms in total. The molecule has 1 aromatic heterocycles. The van der Waals surface area contributed by atoms with Crippen molar-refractivity contribution in [2.24, 2.45) is 5.41 Å². The van der Waals surface area contributed by atoms with Crippen LogP contribution in [0.25, 0.3) is 11.4 Å². The smallest absolute Gasteiger partial charge is 0.227 e. The van der Waals surface area contributed by atoms with Crippen LogP contribution >= 0.6 is 0 Å². The van der Waals surface area contributed by atoms with Gasteiger partial charge in [-0.05, 0) is 13.3 Å². The molecule has 0 aliphatic carbocycles. The molecule has 2 aromatic rings. The van der Waals surface area contributed by atoms with Crippen molar-refractivity contribution < 1.29 is 9.53 Å². The third kappa shape index (κ3) is 3.14. The molecule has 1 fully saturated rings. The van der Waals surface area contributed by atoms with Crippen molar-refractivity contribution in [3.05, 3.63) is 47.3 Å². The van der Waals surface area contributed by atoms with Gasteiger partial charge in [0.1, 0.15) is 0 Å². The number of ether oxygens (including phenoxy) is 1. The van der Waals surface area contributed by atoms with E-state index in [9.17, 15) is 4.79 Å². The third-order valence-electron chi connectivity index (χ3n) is 5.66. The van der Waals surface area contributed by atoms with E-state index in [2.05, 4.69) is 0 Å². The number of aromatic nitrogens is 2. The lowest BCUT2D eigenvalue weighted by atomic mass is 9.80. The first kappa shape index (κ1) is 18.1. The first-order valence-electron chi connectivity index (χ1n) is 9.61. The van der Waals surface area contributed by atoms with Gasteiger partial charge in [0.2, 0.25) is 5.91 Å². The minimum atomic E-state index is -0.374. The Labute approximate surface area is 160 Å². The van der Waals surface area contributed by atoms with Crippen molar-refractivity contribution in [3.8, 4) is 11.4 Å². The standard InChI is InChI=1S/C22H27N3O2/c1-15-17-12-27-14-22(10-11-25(13-22)20(26)21(2,3)4)18(17)24-19(23-15)16-8-6-5-7-9-16/h5-9H,10-14H2,1-4H3/t22-/m1/s1. The SMILES string of the molecule is Cc1nc(-c2ccccc2)nc2c1COC[C@]21CCN(C(=O)C(C)(C)C)C1. The minimum absolute atomic E-state index is 0.195. The zero-order valence-corrected chi connectivity index (χ0v) is 16.6. The molecule has 1 spiro atoms. The van der Waals surface area contributed by atoms with Gasteiger partial charge in [-0.15, -0.1) is 0 Å². The van der Waals surface area contributed by atoms with Crippen LogP contribution in [0.4, 0.5) is 0 Å². The first-order chi connectivity index (χ1) is 12.8. The van der Waals surface area contributed by atoms with Gasteiger partial charge in [-0.25, -0.2) is 9.97 Å². The van der Waals surface area contributed by atoms with Gasteiger partial charge in [0.15, 0.2) is 5.82 Å². The second-order valence-corrected chi connectivity index (χ2v) is 8.83. The lowest BCUT2D eigenvalue weighted by Gasteiger charge is -2.36. The molecule has 0 unspecified atom stereocenters. The largest absolute Gasteiger partial charge is 0.376 e. The number of hydrogen-bond acceptors (Lipinski definition) is 4. The minimum Gasteiger partial charge on any atom is -0.376 e. The molecule has 0 radical (unpaired) electrons. The lowest BCUT2D eigenvalue weighted by Crippen LogP contribution is -2.44. The highest BCUT2D eigenvalue weighted by Crippen LogP contribution is 2.41. The summed E-state index contributed by atoms with van der Waals surface area (Å²) in [5, 5.41) is 0. The molecule has 2 aliphatic heterocycles. The van der Waals surface area contributed by atoms with Crippen molar-refractivity contribution in [3.63, 3.8) is 0 Å². The van der Waals surface area contributed by atoms with Gasteiger partial charge in [-0.2, -0.15) is 0 Å². The van der Waals surface area contributed by atoms with Gasteiger partial charge in [0.25, 0.3) is 0 Å². The molecule has 2 aliphatic rings. The summed E-state index contributed by atoms with van der Waals surface area (Å²) in [6, 6.07) is 10.1. The third-order valence-corrected chi connectivity index (χ3v) is 5.66. The molecule has 27 heavy (non-hydrogen) atoms.